The second-order valence-electron chi connectivity index (χ2n) is 24.3. The first-order valence-corrected chi connectivity index (χ1v) is 32.3. The summed E-state index contributed by atoms with van der Waals surface area (Å²) in [7, 11) is 1.92. The van der Waals surface area contributed by atoms with E-state index in [1.807, 2.05) is 169 Å². The molecule has 10 heterocycles. The van der Waals surface area contributed by atoms with E-state index in [1.54, 1.807) is 31.0 Å². The largest absolute Gasteiger partial charge is 0.334 e. The van der Waals surface area contributed by atoms with Crippen LogP contribution in [0.25, 0.3) is 68.5 Å². The third-order valence-corrected chi connectivity index (χ3v) is 14.2. The molecule has 13 rings (SSSR count). The van der Waals surface area contributed by atoms with Crippen LogP contribution in [0.4, 0.5) is 0 Å². The fourth-order valence-electron chi connectivity index (χ4n) is 8.08. The third-order valence-electron chi connectivity index (χ3n) is 13.8. The molecule has 0 atom stereocenters. The second-order valence-corrected chi connectivity index (χ2v) is 24.7. The molecule has 0 saturated heterocycles. The lowest BCUT2D eigenvalue weighted by molar-refractivity contribution is 0.419. The smallest absolute Gasteiger partial charge is 0.259 e. The zero-order valence-corrected chi connectivity index (χ0v) is 58.5. The molecule has 25 heteroatoms. The van der Waals surface area contributed by atoms with E-state index in [4.69, 9.17) is 25.8 Å². The van der Waals surface area contributed by atoms with Crippen molar-refractivity contribution in [3.63, 3.8) is 0 Å². The van der Waals surface area contributed by atoms with Gasteiger partial charge in [0, 0.05) is 113 Å². The number of pyridine rings is 3. The number of benzene rings is 3. The van der Waals surface area contributed by atoms with Gasteiger partial charge in [-0.2, -0.15) is 35.3 Å². The molecule has 0 fully saturated rings. The number of nitrogens with zero attached hydrogens (tertiary/aromatic N) is 17. The van der Waals surface area contributed by atoms with Crippen molar-refractivity contribution >= 4 is 12.2 Å². The SMILES string of the molecule is C.C.CC(C)c1n[nH]c(=S)n1C.CC(C)c1nc(-c2ccccc2)n[nH]1.CC(C)c1nc(-c2ccncc2)n[nH]1.CC(C)c1noc(-c2ccccc2)n1.CC(C)c1noc(-c2ccncc2)n1.Cc1ccc(-c2n[nH]c(C(C)C)n2)cc1.Cc1ccc(-c2nc(C(C)C)no2)cn1. The van der Waals surface area contributed by atoms with Gasteiger partial charge >= 0.3 is 0 Å². The van der Waals surface area contributed by atoms with Gasteiger partial charge in [-0.3, -0.25) is 35.3 Å². The van der Waals surface area contributed by atoms with Gasteiger partial charge in [-0.25, -0.2) is 15.0 Å². The molecule has 0 aliphatic carbocycles. The van der Waals surface area contributed by atoms with Crippen LogP contribution >= 0.6 is 12.2 Å². The van der Waals surface area contributed by atoms with Gasteiger partial charge in [0.1, 0.15) is 23.3 Å². The van der Waals surface area contributed by atoms with E-state index >= 15 is 0 Å². The lowest BCUT2D eigenvalue weighted by Gasteiger charge is -2.01. The van der Waals surface area contributed by atoms with Crippen LogP contribution in [0.3, 0.4) is 0 Å². The summed E-state index contributed by atoms with van der Waals surface area (Å²) in [4.78, 5) is 38.2. The zero-order chi connectivity index (χ0) is 69.3. The highest BCUT2D eigenvalue weighted by Crippen LogP contribution is 2.24. The molecule has 4 N–H and O–H groups in total. The van der Waals surface area contributed by atoms with Crippen LogP contribution in [0.1, 0.15) is 205 Å². The summed E-state index contributed by atoms with van der Waals surface area (Å²) in [5.41, 5.74) is 8.05. The van der Waals surface area contributed by atoms with Gasteiger partial charge in [0.2, 0.25) is 0 Å². The maximum atomic E-state index is 5.15. The highest BCUT2D eigenvalue weighted by Gasteiger charge is 2.15. The topological polar surface area (TPSA) is 314 Å². The first kappa shape index (κ1) is 78.0. The fraction of sp³-hybridized carbons (Fsp3) is 0.356. The van der Waals surface area contributed by atoms with Crippen molar-refractivity contribution < 1.29 is 13.6 Å². The number of rotatable bonds is 13. The standard InChI is InChI=1S/C12H15N3.C11H13N3O.C11H13N3.C11H12N2O.C10H12N4.C10H11N3O.C6H11N3S.2CH4/c1-8(2)11-13-12(15-14-11)10-6-4-9(3)5-7-10;1-7(2)10-13-11(15-14-10)9-5-4-8(3)12-6-9;2*1-8(2)10-12-11(14-13-10)9-6-4-3-5-7-9;2*1-7(2)9-12-10(14-13-9)8-3-5-11-6-4-8;1-4(2)5-7-8-6(10)9(5)3;;/h4-8H,1-3H3,(H,13,14,15);4-7H,1-3H3;3-8H,1-2H3,(H,12,13,14);3-8H,1-2H3;3-7H,1-2H3,(H,12,13,14);3-7H,1-2H3;4H,1-3H3,(H,8,10);2*1H4. The zero-order valence-electron chi connectivity index (χ0n) is 57.7. The summed E-state index contributed by atoms with van der Waals surface area (Å²) in [5, 5.41) is 39.8. The number of hydrogen-bond donors (Lipinski definition) is 4. The number of H-pyrrole nitrogens is 4. The monoisotopic (exact) mass is 1350 g/mol. The summed E-state index contributed by atoms with van der Waals surface area (Å²) < 4.78 is 18.0. The first-order chi connectivity index (χ1) is 46.0. The highest BCUT2D eigenvalue weighted by molar-refractivity contribution is 7.71. The Kier molecular flexibility index (Phi) is 30.9. The van der Waals surface area contributed by atoms with E-state index in [0.717, 1.165) is 97.3 Å². The molecule has 13 aromatic rings. The summed E-state index contributed by atoms with van der Waals surface area (Å²) in [6.45, 7) is 32.9. The highest BCUT2D eigenvalue weighted by atomic mass is 32.1. The van der Waals surface area contributed by atoms with Crippen LogP contribution in [-0.2, 0) is 7.05 Å². The number of aromatic amines is 4. The van der Waals surface area contributed by atoms with Crippen LogP contribution in [0, 0.1) is 18.6 Å². The van der Waals surface area contributed by atoms with Crippen LogP contribution in [0.2, 0.25) is 0 Å². The number of aromatic nitrogens is 21. The number of nitrogens with one attached hydrogen (secondary N) is 4. The van der Waals surface area contributed by atoms with E-state index in [2.05, 4.69) is 176 Å². The Morgan fingerprint density at radius 3 is 1.03 bits per heavy atom. The summed E-state index contributed by atoms with van der Waals surface area (Å²) in [6, 6.07) is 39.3. The first-order valence-electron chi connectivity index (χ1n) is 31.8. The molecular weight excluding hydrogens is 1250 g/mol. The Labute approximate surface area is 580 Å². The van der Waals surface area contributed by atoms with Gasteiger partial charge in [0.25, 0.3) is 17.7 Å². The second kappa shape index (κ2) is 38.8. The molecule has 10 aromatic heterocycles. The van der Waals surface area contributed by atoms with E-state index in [9.17, 15) is 0 Å². The molecule has 516 valence electrons. The summed E-state index contributed by atoms with van der Waals surface area (Å²) in [6.07, 6.45) is 8.62. The fourth-order valence-corrected chi connectivity index (χ4v) is 8.22. The lowest BCUT2D eigenvalue weighted by Crippen LogP contribution is -1.99. The molecule has 3 aromatic carbocycles. The van der Waals surface area contributed by atoms with Gasteiger partial charge in [-0.05, 0) is 74.6 Å². The van der Waals surface area contributed by atoms with Crippen molar-refractivity contribution in [2.45, 2.75) is 167 Å². The Bertz CT molecular complexity index is 3940. The third kappa shape index (κ3) is 23.6. The molecular formula is C73H95N21O3S. The van der Waals surface area contributed by atoms with Crippen molar-refractivity contribution in [2.24, 2.45) is 7.05 Å². The van der Waals surface area contributed by atoms with Gasteiger partial charge in [-0.1, -0.05) is 206 Å². The predicted molar refractivity (Wildman–Crippen MR) is 388 cm³/mol. The van der Waals surface area contributed by atoms with E-state index < -0.39 is 0 Å². The molecule has 0 aliphatic heterocycles. The van der Waals surface area contributed by atoms with Crippen molar-refractivity contribution in [2.75, 3.05) is 0 Å². The summed E-state index contributed by atoms with van der Waals surface area (Å²) in [5.74, 6) is 12.4. The minimum absolute atomic E-state index is 0. The van der Waals surface area contributed by atoms with Gasteiger partial charge in [0.15, 0.2) is 39.7 Å². The molecule has 0 bridgehead atoms. The van der Waals surface area contributed by atoms with Crippen LogP contribution < -0.4 is 0 Å². The summed E-state index contributed by atoms with van der Waals surface area (Å²) >= 11 is 4.94. The molecule has 24 nitrogen and oxygen atoms in total. The molecule has 0 unspecified atom stereocenters. The van der Waals surface area contributed by atoms with Crippen molar-refractivity contribution in [1.82, 2.24) is 106 Å². The lowest BCUT2D eigenvalue weighted by atomic mass is 10.1. The van der Waals surface area contributed by atoms with Crippen molar-refractivity contribution in [3.8, 4) is 68.5 Å². The van der Waals surface area contributed by atoms with Gasteiger partial charge in [0.05, 0.1) is 5.56 Å². The maximum absolute atomic E-state index is 5.15. The van der Waals surface area contributed by atoms with Crippen LogP contribution in [0.15, 0.2) is 166 Å². The quantitative estimate of drug-likeness (QED) is 0.0779. The molecule has 0 spiro atoms. The Morgan fingerprint density at radius 1 is 0.367 bits per heavy atom. The van der Waals surface area contributed by atoms with Crippen molar-refractivity contribution in [3.05, 3.63) is 209 Å². The Hall–Kier alpha value is -10.7. The van der Waals surface area contributed by atoms with E-state index in [1.165, 1.54) is 5.56 Å². The molecule has 0 radical (unpaired) electrons. The van der Waals surface area contributed by atoms with Crippen LogP contribution in [0.5, 0.6) is 0 Å². The van der Waals surface area contributed by atoms with Gasteiger partial charge in [-0.15, -0.1) is 0 Å². The molecule has 0 amide bonds. The Morgan fingerprint density at radius 2 is 0.714 bits per heavy atom. The maximum Gasteiger partial charge on any atom is 0.259 e. The normalized spacial score (nSPS) is 10.6. The number of aryl methyl sites for hydroxylation is 2. The number of hydrogen-bond acceptors (Lipinski definition) is 20. The average molecular weight is 1350 g/mol. The molecule has 0 aliphatic rings. The van der Waals surface area contributed by atoms with Crippen molar-refractivity contribution in [1.29, 1.82) is 0 Å². The van der Waals surface area contributed by atoms with Gasteiger partial charge < -0.3 is 18.1 Å². The minimum atomic E-state index is 0. The molecule has 0 saturated carbocycles. The Balaban J connectivity index is 0.000000206. The van der Waals surface area contributed by atoms with E-state index in [-0.39, 0.29) is 26.7 Å². The minimum Gasteiger partial charge on any atom is -0.334 e. The average Bonchev–Trinajstić information content (AvgIpc) is 1.83. The predicted octanol–water partition coefficient (Wildman–Crippen LogP) is 18.0. The van der Waals surface area contributed by atoms with Crippen LogP contribution in [-0.4, -0.2) is 106 Å². The van der Waals surface area contributed by atoms with E-state index in [0.29, 0.717) is 52.0 Å². The molecule has 98 heavy (non-hydrogen) atoms.